The predicted octanol–water partition coefficient (Wildman–Crippen LogP) is 4.35. The molecule has 32 heavy (non-hydrogen) atoms. The zero-order valence-corrected chi connectivity index (χ0v) is 16.3. The molecule has 0 aromatic carbocycles. The molecule has 6 nitrogen and oxygen atoms in total. The Balaban J connectivity index is 2.36. The average Bonchev–Trinajstić information content (AvgIpc) is 2.95. The summed E-state index contributed by atoms with van der Waals surface area (Å²) in [6.45, 7) is 2.66. The van der Waals surface area contributed by atoms with E-state index in [0.29, 0.717) is 6.07 Å². The molecule has 1 aromatic heterocycles. The first-order valence-corrected chi connectivity index (χ1v) is 8.46. The molecule has 1 fully saturated rings. The number of halogens is 9. The van der Waals surface area contributed by atoms with E-state index in [9.17, 15) is 49.1 Å². The van der Waals surface area contributed by atoms with Crippen molar-refractivity contribution in [1.82, 2.24) is 5.16 Å². The van der Waals surface area contributed by atoms with Crippen LogP contribution >= 0.6 is 0 Å². The summed E-state index contributed by atoms with van der Waals surface area (Å²) in [7, 11) is 0.895. The van der Waals surface area contributed by atoms with Gasteiger partial charge in [-0.15, -0.1) is 0 Å². The van der Waals surface area contributed by atoms with Crippen molar-refractivity contribution < 1.29 is 63.1 Å². The molecule has 1 heterocycles. The van der Waals surface area contributed by atoms with E-state index in [1.54, 1.807) is 0 Å². The fourth-order valence-electron chi connectivity index (χ4n) is 3.55. The lowest BCUT2D eigenvalue weighted by atomic mass is 9.92. The van der Waals surface area contributed by atoms with Crippen LogP contribution in [0, 0.1) is 11.3 Å². The lowest BCUT2D eigenvalue weighted by Crippen LogP contribution is -2.45. The maximum atomic E-state index is 12.9. The molecule has 0 saturated heterocycles. The third-order valence-corrected chi connectivity index (χ3v) is 5.13. The van der Waals surface area contributed by atoms with Gasteiger partial charge in [-0.2, -0.15) is 39.5 Å². The van der Waals surface area contributed by atoms with Crippen molar-refractivity contribution in [1.29, 1.82) is 0 Å². The number of rotatable bonds is 5. The first-order valence-electron chi connectivity index (χ1n) is 8.46. The van der Waals surface area contributed by atoms with Crippen molar-refractivity contribution in [2.45, 2.75) is 43.9 Å². The standard InChI is InChI=1S/C17H14F9NO5/c1-13(2)7(4-5-10(28)31-11(16(21,22)23)17(24,25)26)14(13,12(29)30-3)9-6-8(27-32-9)15(18,19)20/h4-7,11H,1-3H3/t7-,14-/m0/s1. The van der Waals surface area contributed by atoms with Gasteiger partial charge in [-0.1, -0.05) is 25.1 Å². The number of hydrogen-bond donors (Lipinski definition) is 0. The maximum absolute atomic E-state index is 12.9. The normalized spacial score (nSPS) is 23.5. The quantitative estimate of drug-likeness (QED) is 0.352. The van der Waals surface area contributed by atoms with Crippen molar-refractivity contribution in [3.63, 3.8) is 0 Å². The zero-order valence-electron chi connectivity index (χ0n) is 16.3. The molecule has 15 heteroatoms. The lowest BCUT2D eigenvalue weighted by molar-refractivity contribution is -0.312. The fraction of sp³-hybridized carbons (Fsp3) is 0.588. The van der Waals surface area contributed by atoms with E-state index in [0.717, 1.165) is 13.2 Å². The van der Waals surface area contributed by atoms with Gasteiger partial charge in [-0.25, -0.2) is 4.79 Å². The van der Waals surface area contributed by atoms with E-state index in [4.69, 9.17) is 0 Å². The molecule has 0 amide bonds. The summed E-state index contributed by atoms with van der Waals surface area (Å²) in [6.07, 6.45) is -20.3. The Morgan fingerprint density at radius 2 is 1.62 bits per heavy atom. The van der Waals surface area contributed by atoms with Crippen molar-refractivity contribution in [2.24, 2.45) is 11.3 Å². The minimum atomic E-state index is -5.94. The molecular weight excluding hydrogens is 469 g/mol. The first-order chi connectivity index (χ1) is 14.3. The molecule has 1 aliphatic carbocycles. The first kappa shape index (κ1) is 25.5. The van der Waals surface area contributed by atoms with Crippen LogP contribution in [0.4, 0.5) is 39.5 Å². The van der Waals surface area contributed by atoms with Crippen molar-refractivity contribution in [3.8, 4) is 0 Å². The van der Waals surface area contributed by atoms with Crippen LogP contribution in [0.1, 0.15) is 25.3 Å². The van der Waals surface area contributed by atoms with E-state index in [2.05, 4.69) is 19.2 Å². The molecule has 2 atom stereocenters. The molecule has 0 spiro atoms. The predicted molar refractivity (Wildman–Crippen MR) is 83.6 cm³/mol. The third-order valence-electron chi connectivity index (χ3n) is 5.13. The number of aromatic nitrogens is 1. The van der Waals surface area contributed by atoms with Crippen LogP contribution in [0.25, 0.3) is 0 Å². The second-order valence-corrected chi connectivity index (χ2v) is 7.33. The lowest BCUT2D eigenvalue weighted by Gasteiger charge is -2.22. The average molecular weight is 483 g/mol. The molecule has 0 bridgehead atoms. The highest BCUT2D eigenvalue weighted by atomic mass is 19.4. The number of carbonyl (C=O) groups excluding carboxylic acids is 2. The Morgan fingerprint density at radius 1 is 1.09 bits per heavy atom. The van der Waals surface area contributed by atoms with Gasteiger partial charge >= 0.3 is 30.5 Å². The third kappa shape index (κ3) is 4.28. The van der Waals surface area contributed by atoms with E-state index >= 15 is 0 Å². The number of allylic oxidation sites excluding steroid dienone is 1. The Bertz CT molecular complexity index is 899. The van der Waals surface area contributed by atoms with Gasteiger partial charge in [-0.05, 0) is 5.41 Å². The van der Waals surface area contributed by atoms with Crippen LogP contribution in [0.15, 0.2) is 22.7 Å². The number of alkyl halides is 9. The topological polar surface area (TPSA) is 78.6 Å². The molecule has 180 valence electrons. The number of nitrogens with zero attached hydrogens (tertiary/aromatic N) is 1. The monoisotopic (exact) mass is 483 g/mol. The highest BCUT2D eigenvalue weighted by molar-refractivity contribution is 5.90. The number of ether oxygens (including phenoxy) is 2. The summed E-state index contributed by atoms with van der Waals surface area (Å²) in [5.41, 5.74) is -4.80. The van der Waals surface area contributed by atoms with Crippen molar-refractivity contribution in [2.75, 3.05) is 7.11 Å². The summed E-state index contributed by atoms with van der Waals surface area (Å²) >= 11 is 0. The van der Waals surface area contributed by atoms with Gasteiger partial charge < -0.3 is 14.0 Å². The van der Waals surface area contributed by atoms with E-state index < -0.39 is 64.8 Å². The smallest absolute Gasteiger partial charge is 0.436 e. The Labute approximate surface area is 173 Å². The molecule has 2 rings (SSSR count). The zero-order chi connectivity index (χ0) is 24.9. The van der Waals surface area contributed by atoms with Crippen LogP contribution in [-0.2, 0) is 30.7 Å². The second-order valence-electron chi connectivity index (χ2n) is 7.33. The van der Waals surface area contributed by atoms with Crippen LogP contribution in [0.5, 0.6) is 0 Å². The Kier molecular flexibility index (Phi) is 6.13. The van der Waals surface area contributed by atoms with Crippen LogP contribution in [-0.4, -0.2) is 42.7 Å². The highest BCUT2D eigenvalue weighted by Gasteiger charge is 2.78. The second kappa shape index (κ2) is 7.69. The molecule has 1 aromatic rings. The summed E-state index contributed by atoms with van der Waals surface area (Å²) in [6, 6.07) is 0.411. The van der Waals surface area contributed by atoms with Gasteiger partial charge in [0.25, 0.3) is 6.10 Å². The maximum Gasteiger partial charge on any atom is 0.436 e. The minimum Gasteiger partial charge on any atom is -0.468 e. The summed E-state index contributed by atoms with van der Waals surface area (Å²) < 4.78 is 126. The van der Waals surface area contributed by atoms with Gasteiger partial charge in [0.05, 0.1) is 7.11 Å². The molecule has 1 saturated carbocycles. The minimum absolute atomic E-state index is 0.211. The summed E-state index contributed by atoms with van der Waals surface area (Å²) in [4.78, 5) is 24.0. The molecular formula is C17H14F9NO5. The SMILES string of the molecule is COC(=O)[C@@]1(c2cc(C(F)(F)F)no2)[C@@H](C=CC(=O)OC(C(F)(F)F)C(F)(F)F)C1(C)C. The van der Waals surface area contributed by atoms with Crippen LogP contribution in [0.3, 0.4) is 0 Å². The number of hydrogen-bond acceptors (Lipinski definition) is 6. The van der Waals surface area contributed by atoms with Crippen molar-refractivity contribution >= 4 is 11.9 Å². The summed E-state index contributed by atoms with van der Waals surface area (Å²) in [5.74, 6) is -5.01. The molecule has 0 N–H and O–H groups in total. The summed E-state index contributed by atoms with van der Waals surface area (Å²) in [5, 5.41) is 2.83. The van der Waals surface area contributed by atoms with Gasteiger partial charge in [0.15, 0.2) is 11.5 Å². The molecule has 1 aliphatic rings. The van der Waals surface area contributed by atoms with Gasteiger partial charge in [0, 0.05) is 18.1 Å². The highest BCUT2D eigenvalue weighted by Crippen LogP contribution is 2.70. The van der Waals surface area contributed by atoms with Gasteiger partial charge in [0.1, 0.15) is 5.41 Å². The molecule has 0 unspecified atom stereocenters. The van der Waals surface area contributed by atoms with Gasteiger partial charge in [-0.3, -0.25) is 4.79 Å². The largest absolute Gasteiger partial charge is 0.468 e. The molecule has 0 radical (unpaired) electrons. The van der Waals surface area contributed by atoms with Crippen molar-refractivity contribution in [3.05, 3.63) is 29.7 Å². The fourth-order valence-corrected chi connectivity index (χ4v) is 3.55. The number of esters is 2. The van der Waals surface area contributed by atoms with E-state index in [1.165, 1.54) is 13.8 Å². The molecule has 0 aliphatic heterocycles. The van der Waals surface area contributed by atoms with Crippen LogP contribution in [0.2, 0.25) is 0 Å². The number of carbonyl (C=O) groups is 2. The van der Waals surface area contributed by atoms with Crippen LogP contribution < -0.4 is 0 Å². The number of methoxy groups -OCH3 is 1. The Morgan fingerprint density at radius 3 is 2.03 bits per heavy atom. The van der Waals surface area contributed by atoms with Gasteiger partial charge in [0.2, 0.25) is 0 Å². The van der Waals surface area contributed by atoms with E-state index in [-0.39, 0.29) is 6.08 Å². The Hall–Kier alpha value is -2.74. The van der Waals surface area contributed by atoms with E-state index in [1.807, 2.05) is 0 Å².